The molecular weight excluding hydrogens is 432 g/mol. The van der Waals surface area contributed by atoms with Crippen molar-refractivity contribution in [1.29, 1.82) is 0 Å². The van der Waals surface area contributed by atoms with E-state index < -0.39 is 13.7 Å². The number of aromatic nitrogens is 3. The van der Waals surface area contributed by atoms with Gasteiger partial charge in [0.25, 0.3) is 0 Å². The van der Waals surface area contributed by atoms with E-state index in [4.69, 9.17) is 26.2 Å². The van der Waals surface area contributed by atoms with Crippen LogP contribution in [0.3, 0.4) is 0 Å². The number of hydrogen-bond acceptors (Lipinski definition) is 5. The van der Waals surface area contributed by atoms with E-state index in [0.29, 0.717) is 43.5 Å². The summed E-state index contributed by atoms with van der Waals surface area (Å²) in [6.45, 7) is 14.7. The molecule has 170 valence electrons. The number of carbonyl (C=O) groups excluding carboxylic acids is 1. The van der Waals surface area contributed by atoms with Gasteiger partial charge in [0.15, 0.2) is 5.65 Å². The molecule has 0 aromatic carbocycles. The minimum atomic E-state index is -1.15. The van der Waals surface area contributed by atoms with Gasteiger partial charge in [0.1, 0.15) is 12.3 Å². The van der Waals surface area contributed by atoms with E-state index in [9.17, 15) is 4.79 Å². The molecule has 1 aliphatic rings. The standard InChI is InChI=1S/C22H33ClN4O3Si/c1-22(2,3)30-21(28)26-11-8-16(9-12-26)19-18-17(23)7-10-24-20(18)27(25-19)15-29-13-14-31(4,5)6/h7-8,10H,9,11-15H2,1-6H3. The van der Waals surface area contributed by atoms with E-state index in [2.05, 4.69) is 24.6 Å². The third kappa shape index (κ3) is 6.30. The van der Waals surface area contributed by atoms with Crippen molar-refractivity contribution in [2.75, 3.05) is 19.7 Å². The minimum Gasteiger partial charge on any atom is -0.444 e. The maximum absolute atomic E-state index is 12.4. The van der Waals surface area contributed by atoms with Crippen LogP contribution in [0.25, 0.3) is 16.6 Å². The maximum Gasteiger partial charge on any atom is 0.410 e. The third-order valence-corrected chi connectivity index (χ3v) is 6.98. The van der Waals surface area contributed by atoms with Crippen LogP contribution >= 0.6 is 11.6 Å². The van der Waals surface area contributed by atoms with Gasteiger partial charge >= 0.3 is 6.09 Å². The lowest BCUT2D eigenvalue weighted by molar-refractivity contribution is 0.0270. The van der Waals surface area contributed by atoms with Gasteiger partial charge in [0, 0.05) is 34.0 Å². The van der Waals surface area contributed by atoms with Crippen molar-refractivity contribution in [3.05, 3.63) is 29.1 Å². The predicted octanol–water partition coefficient (Wildman–Crippen LogP) is 5.42. The second kappa shape index (κ2) is 9.30. The number of carbonyl (C=O) groups is 1. The Morgan fingerprint density at radius 2 is 2.03 bits per heavy atom. The molecule has 3 heterocycles. The summed E-state index contributed by atoms with van der Waals surface area (Å²) in [4.78, 5) is 18.6. The molecule has 9 heteroatoms. The van der Waals surface area contributed by atoms with Gasteiger partial charge in [-0.1, -0.05) is 37.3 Å². The molecule has 0 saturated carbocycles. The van der Waals surface area contributed by atoms with Gasteiger partial charge in [0.2, 0.25) is 0 Å². The first-order chi connectivity index (χ1) is 14.4. The molecule has 2 aromatic heterocycles. The second-order valence-corrected chi connectivity index (χ2v) is 16.1. The Morgan fingerprint density at radius 3 is 2.65 bits per heavy atom. The number of fused-ring (bicyclic) bond motifs is 1. The molecule has 0 fully saturated rings. The van der Waals surface area contributed by atoms with Gasteiger partial charge in [0.05, 0.1) is 16.1 Å². The average molecular weight is 465 g/mol. The number of nitrogens with zero attached hydrogens (tertiary/aromatic N) is 4. The molecule has 0 bridgehead atoms. The Bertz CT molecular complexity index is 976. The fourth-order valence-corrected chi connectivity index (χ4v) is 4.27. The predicted molar refractivity (Wildman–Crippen MR) is 127 cm³/mol. The van der Waals surface area contributed by atoms with Crippen LogP contribution in [-0.2, 0) is 16.2 Å². The van der Waals surface area contributed by atoms with E-state index in [-0.39, 0.29) is 6.09 Å². The van der Waals surface area contributed by atoms with Gasteiger partial charge in [-0.2, -0.15) is 5.10 Å². The second-order valence-electron chi connectivity index (χ2n) is 10.1. The van der Waals surface area contributed by atoms with Gasteiger partial charge in [-0.25, -0.2) is 14.5 Å². The van der Waals surface area contributed by atoms with Crippen LogP contribution in [0, 0.1) is 0 Å². The maximum atomic E-state index is 12.4. The first kappa shape index (κ1) is 23.8. The van der Waals surface area contributed by atoms with Crippen LogP contribution in [0.5, 0.6) is 0 Å². The summed E-state index contributed by atoms with van der Waals surface area (Å²) in [6, 6.07) is 2.88. The number of hydrogen-bond donors (Lipinski definition) is 0. The lowest BCUT2D eigenvalue weighted by Gasteiger charge is -2.29. The van der Waals surface area contributed by atoms with E-state index in [1.54, 1.807) is 21.8 Å². The Morgan fingerprint density at radius 1 is 1.29 bits per heavy atom. The number of ether oxygens (including phenoxy) is 2. The van der Waals surface area contributed by atoms with Crippen LogP contribution in [0.15, 0.2) is 18.3 Å². The highest BCUT2D eigenvalue weighted by Crippen LogP contribution is 2.32. The number of amides is 1. The van der Waals surface area contributed by atoms with E-state index in [1.807, 2.05) is 26.8 Å². The molecule has 0 saturated heterocycles. The Kier molecular flexibility index (Phi) is 7.13. The van der Waals surface area contributed by atoms with Crippen molar-refractivity contribution >= 4 is 42.4 Å². The fraction of sp³-hybridized carbons (Fsp3) is 0.591. The summed E-state index contributed by atoms with van der Waals surface area (Å²) in [6.07, 6.45) is 4.09. The van der Waals surface area contributed by atoms with Crippen molar-refractivity contribution < 1.29 is 14.3 Å². The quantitative estimate of drug-likeness (QED) is 0.421. The molecule has 3 rings (SSSR count). The van der Waals surface area contributed by atoms with Crippen LogP contribution < -0.4 is 0 Å². The lowest BCUT2D eigenvalue weighted by atomic mass is 10.0. The smallest absolute Gasteiger partial charge is 0.410 e. The van der Waals surface area contributed by atoms with E-state index >= 15 is 0 Å². The Balaban J connectivity index is 1.79. The summed E-state index contributed by atoms with van der Waals surface area (Å²) in [5.41, 5.74) is 2.07. The largest absolute Gasteiger partial charge is 0.444 e. The third-order valence-electron chi connectivity index (χ3n) is 4.96. The molecule has 7 nitrogen and oxygen atoms in total. The molecule has 31 heavy (non-hydrogen) atoms. The van der Waals surface area contributed by atoms with Crippen LogP contribution in [0.4, 0.5) is 4.79 Å². The average Bonchev–Trinajstić information content (AvgIpc) is 3.03. The van der Waals surface area contributed by atoms with Crippen LogP contribution in [0.1, 0.15) is 32.9 Å². The van der Waals surface area contributed by atoms with Crippen molar-refractivity contribution in [2.45, 2.75) is 65.2 Å². The van der Waals surface area contributed by atoms with E-state index in [1.165, 1.54) is 0 Å². The number of halogens is 1. The van der Waals surface area contributed by atoms with Crippen molar-refractivity contribution in [3.8, 4) is 0 Å². The van der Waals surface area contributed by atoms with Crippen molar-refractivity contribution in [3.63, 3.8) is 0 Å². The van der Waals surface area contributed by atoms with E-state index in [0.717, 1.165) is 22.7 Å². The molecule has 1 amide bonds. The fourth-order valence-electron chi connectivity index (χ4n) is 3.28. The van der Waals surface area contributed by atoms with Gasteiger partial charge in [-0.3, -0.25) is 0 Å². The number of rotatable bonds is 6. The SMILES string of the molecule is CC(C)(C)OC(=O)N1CC=C(c2nn(COCC[Si](C)(C)C)c3nccc(Cl)c23)CC1. The molecular formula is C22H33ClN4O3Si. The zero-order valence-corrected chi connectivity index (χ0v) is 21.1. The summed E-state index contributed by atoms with van der Waals surface area (Å²) < 4.78 is 13.2. The van der Waals surface area contributed by atoms with Crippen LogP contribution in [0.2, 0.25) is 30.7 Å². The van der Waals surface area contributed by atoms with Gasteiger partial charge < -0.3 is 14.4 Å². The molecule has 0 spiro atoms. The Hall–Kier alpha value is -1.90. The van der Waals surface area contributed by atoms with Gasteiger partial charge in [-0.15, -0.1) is 0 Å². The first-order valence-electron chi connectivity index (χ1n) is 10.7. The summed E-state index contributed by atoms with van der Waals surface area (Å²) >= 11 is 6.53. The van der Waals surface area contributed by atoms with Crippen molar-refractivity contribution in [1.82, 2.24) is 19.7 Å². The lowest BCUT2D eigenvalue weighted by Crippen LogP contribution is -2.39. The first-order valence-corrected chi connectivity index (χ1v) is 14.8. The highest BCUT2D eigenvalue weighted by molar-refractivity contribution is 6.76. The highest BCUT2D eigenvalue weighted by Gasteiger charge is 2.26. The van der Waals surface area contributed by atoms with Crippen LogP contribution in [-0.4, -0.2) is 59.1 Å². The zero-order valence-electron chi connectivity index (χ0n) is 19.4. The summed E-state index contributed by atoms with van der Waals surface area (Å²) in [7, 11) is -1.15. The molecule has 0 aliphatic carbocycles. The molecule has 0 N–H and O–H groups in total. The summed E-state index contributed by atoms with van der Waals surface area (Å²) in [5, 5.41) is 6.23. The molecule has 1 aliphatic heterocycles. The topological polar surface area (TPSA) is 69.5 Å². The zero-order chi connectivity index (χ0) is 22.8. The Labute approximate surface area is 190 Å². The monoisotopic (exact) mass is 464 g/mol. The number of pyridine rings is 1. The van der Waals surface area contributed by atoms with Crippen molar-refractivity contribution in [2.24, 2.45) is 0 Å². The highest BCUT2D eigenvalue weighted by atomic mass is 35.5. The molecule has 0 atom stereocenters. The molecule has 0 unspecified atom stereocenters. The summed E-state index contributed by atoms with van der Waals surface area (Å²) in [5.74, 6) is 0. The minimum absolute atomic E-state index is 0.298. The molecule has 2 aromatic rings. The van der Waals surface area contributed by atoms with Gasteiger partial charge in [-0.05, 0) is 44.9 Å². The normalized spacial score (nSPS) is 15.3. The molecule has 0 radical (unpaired) electrons.